The van der Waals surface area contributed by atoms with Crippen LogP contribution in [0.4, 0.5) is 0 Å². The molecule has 0 bridgehead atoms. The van der Waals surface area contributed by atoms with E-state index >= 15 is 0 Å². The molecule has 0 unspecified atom stereocenters. The molecule has 2 aromatic rings. The molecule has 1 aromatic carbocycles. The first-order chi connectivity index (χ1) is 7.81. The summed E-state index contributed by atoms with van der Waals surface area (Å²) in [5.74, 6) is 0.871. The Morgan fingerprint density at radius 1 is 1.38 bits per heavy atom. The molecule has 0 fully saturated rings. The van der Waals surface area contributed by atoms with Crippen molar-refractivity contribution in [3.05, 3.63) is 24.3 Å². The van der Waals surface area contributed by atoms with Crippen molar-refractivity contribution in [1.82, 2.24) is 0 Å². The van der Waals surface area contributed by atoms with Crippen LogP contribution in [-0.4, -0.2) is 12.3 Å². The zero-order valence-electron chi connectivity index (χ0n) is 8.19. The molecule has 2 rings (SSSR count). The maximum absolute atomic E-state index is 5.52. The monoisotopic (exact) mass is 371 g/mol. The standard InChI is InChI=1S/C9H10N2OS.2ClH.Pd/c10-5-6-13-9-11-7-3-1-2-4-8(7)12-9;;;/h1-4H,5-6,10H2;2*1H;/q;;;+2/p-1. The Morgan fingerprint density at radius 3 is 2.69 bits per heavy atom. The Labute approximate surface area is 114 Å². The molecular formula is C9H11Cl2N2OPdS+. The van der Waals surface area contributed by atoms with E-state index in [-0.39, 0.29) is 15.9 Å². The predicted molar refractivity (Wildman–Crippen MR) is 64.3 cm³/mol. The molecule has 0 amide bonds. The summed E-state index contributed by atoms with van der Waals surface area (Å²) in [6.45, 7) is 0.662. The molecule has 92 valence electrons. The van der Waals surface area contributed by atoms with E-state index in [1.165, 1.54) is 0 Å². The quantitative estimate of drug-likeness (QED) is 0.666. The van der Waals surface area contributed by atoms with E-state index in [2.05, 4.69) is 4.98 Å². The number of rotatable bonds is 3. The van der Waals surface area contributed by atoms with Gasteiger partial charge in [0.1, 0.15) is 0 Å². The van der Waals surface area contributed by atoms with Crippen LogP contribution in [0, 0.1) is 0 Å². The number of oxazole rings is 1. The number of nitrogens with two attached hydrogens (primary N) is 1. The van der Waals surface area contributed by atoms with Gasteiger partial charge in [0.2, 0.25) is 11.1 Å². The summed E-state index contributed by atoms with van der Waals surface area (Å²) < 4.78 is 5.52. The summed E-state index contributed by atoms with van der Waals surface area (Å²) in [7, 11) is 9.63. The Hall–Kier alpha value is 0.242. The average Bonchev–Trinajstić information content (AvgIpc) is 2.70. The van der Waals surface area contributed by atoms with Gasteiger partial charge in [-0.3, -0.25) is 0 Å². The molecule has 16 heavy (non-hydrogen) atoms. The van der Waals surface area contributed by atoms with Gasteiger partial charge in [-0.25, -0.2) is 0 Å². The van der Waals surface area contributed by atoms with Gasteiger partial charge in [-0.2, -0.15) is 4.98 Å². The number of fused-ring (bicyclic) bond motifs is 1. The van der Waals surface area contributed by atoms with Gasteiger partial charge in [0.05, 0.1) is 0 Å². The van der Waals surface area contributed by atoms with E-state index in [9.17, 15) is 0 Å². The van der Waals surface area contributed by atoms with Crippen LogP contribution in [0.2, 0.25) is 0 Å². The molecule has 1 heterocycles. The zero-order valence-corrected chi connectivity index (χ0v) is 12.1. The Kier molecular flexibility index (Phi) is 7.47. The number of para-hydroxylation sites is 2. The van der Waals surface area contributed by atoms with Crippen molar-refractivity contribution < 1.29 is 25.3 Å². The van der Waals surface area contributed by atoms with Crippen molar-refractivity contribution in [3.63, 3.8) is 0 Å². The van der Waals surface area contributed by atoms with Crippen LogP contribution in [-0.2, 0) is 15.9 Å². The number of aromatic nitrogens is 1. The van der Waals surface area contributed by atoms with Gasteiger partial charge in [-0.1, -0.05) is 12.1 Å². The zero-order chi connectivity index (χ0) is 11.8. The summed E-state index contributed by atoms with van der Waals surface area (Å²) >= 11 is 1.49. The van der Waals surface area contributed by atoms with Gasteiger partial charge >= 0.3 is 40.2 Å². The van der Waals surface area contributed by atoms with Gasteiger partial charge in [-0.05, 0) is 17.8 Å². The maximum atomic E-state index is 5.52. The van der Waals surface area contributed by atoms with Crippen LogP contribution in [0.15, 0.2) is 33.9 Å². The van der Waals surface area contributed by atoms with Crippen molar-refractivity contribution in [1.29, 1.82) is 0 Å². The van der Waals surface area contributed by atoms with Crippen LogP contribution >= 0.6 is 30.8 Å². The normalized spacial score (nSPS) is 10.2. The Balaban J connectivity index is 0.000000386. The van der Waals surface area contributed by atoms with Crippen molar-refractivity contribution in [2.24, 2.45) is 5.73 Å². The fourth-order valence-corrected chi connectivity index (χ4v) is 1.75. The number of nitrogens with one attached hydrogen (secondary N) is 1. The van der Waals surface area contributed by atoms with Crippen LogP contribution in [0.1, 0.15) is 0 Å². The molecule has 0 saturated carbocycles. The summed E-state index contributed by atoms with van der Waals surface area (Å²) in [5.41, 5.74) is 7.31. The molecule has 0 saturated heterocycles. The molecule has 1 aromatic heterocycles. The SMILES string of the molecule is NCCSc1[nH+]c2ccccc2o1.[Cl][Pd][Cl]. The molecule has 3 nitrogen and oxygen atoms in total. The average molecular weight is 373 g/mol. The van der Waals surface area contributed by atoms with E-state index in [0.29, 0.717) is 6.54 Å². The molecule has 7 heteroatoms. The van der Waals surface area contributed by atoms with Crippen molar-refractivity contribution in [2.75, 3.05) is 12.3 Å². The summed E-state index contributed by atoms with van der Waals surface area (Å²) in [6, 6.07) is 7.87. The van der Waals surface area contributed by atoms with Crippen LogP contribution in [0.3, 0.4) is 0 Å². The molecule has 0 radical (unpaired) electrons. The number of halogens is 2. The third-order valence-electron chi connectivity index (χ3n) is 1.68. The number of hydrogen-bond donors (Lipinski definition) is 1. The van der Waals surface area contributed by atoms with Gasteiger partial charge in [0.15, 0.2) is 0 Å². The third kappa shape index (κ3) is 4.62. The molecule has 0 atom stereocenters. The third-order valence-corrected chi connectivity index (χ3v) is 2.56. The minimum atomic E-state index is -0.106. The van der Waals surface area contributed by atoms with Crippen LogP contribution < -0.4 is 10.7 Å². The van der Waals surface area contributed by atoms with Crippen LogP contribution in [0.5, 0.6) is 0 Å². The van der Waals surface area contributed by atoms with Crippen molar-refractivity contribution >= 4 is 41.9 Å². The predicted octanol–water partition coefficient (Wildman–Crippen LogP) is 2.67. The summed E-state index contributed by atoms with van der Waals surface area (Å²) in [4.78, 5) is 3.17. The van der Waals surface area contributed by atoms with Gasteiger partial charge < -0.3 is 10.2 Å². The molecular weight excluding hydrogens is 362 g/mol. The molecule has 3 N–H and O–H groups in total. The van der Waals surface area contributed by atoms with Gasteiger partial charge in [0.25, 0.3) is 0 Å². The van der Waals surface area contributed by atoms with Crippen molar-refractivity contribution in [3.8, 4) is 0 Å². The summed E-state index contributed by atoms with van der Waals surface area (Å²) in [6.07, 6.45) is 0. The molecule has 0 aliphatic carbocycles. The molecule has 0 aliphatic rings. The van der Waals surface area contributed by atoms with E-state index in [1.807, 2.05) is 24.3 Å². The molecule has 0 aliphatic heterocycles. The first-order valence-corrected chi connectivity index (χ1v) is 9.36. The van der Waals surface area contributed by atoms with E-state index in [4.69, 9.17) is 29.2 Å². The van der Waals surface area contributed by atoms with Gasteiger partial charge in [0, 0.05) is 18.4 Å². The number of hydrogen-bond acceptors (Lipinski definition) is 3. The van der Waals surface area contributed by atoms with E-state index < -0.39 is 0 Å². The summed E-state index contributed by atoms with van der Waals surface area (Å²) in [5, 5.41) is 0.826. The topological polar surface area (TPSA) is 53.3 Å². The van der Waals surface area contributed by atoms with Gasteiger partial charge in [-0.15, -0.1) is 0 Å². The number of thioether (sulfide) groups is 1. The second-order valence-electron chi connectivity index (χ2n) is 2.69. The fourth-order valence-electron chi connectivity index (χ4n) is 1.11. The number of benzene rings is 1. The minimum absolute atomic E-state index is 0.106. The first-order valence-electron chi connectivity index (χ1n) is 4.38. The van der Waals surface area contributed by atoms with Crippen molar-refractivity contribution in [2.45, 2.75) is 5.22 Å². The van der Waals surface area contributed by atoms with E-state index in [0.717, 1.165) is 22.1 Å². The first kappa shape index (κ1) is 14.3. The Bertz CT molecular complexity index is 394. The second kappa shape index (κ2) is 8.35. The number of H-pyrrole nitrogens is 1. The Morgan fingerprint density at radius 2 is 2.06 bits per heavy atom. The van der Waals surface area contributed by atoms with E-state index in [1.54, 1.807) is 11.8 Å². The second-order valence-corrected chi connectivity index (χ2v) is 6.12. The van der Waals surface area contributed by atoms with Crippen LogP contribution in [0.25, 0.3) is 11.1 Å². The number of aromatic amines is 1. The fraction of sp³-hybridized carbons (Fsp3) is 0.222. The molecule has 0 spiro atoms.